The predicted molar refractivity (Wildman–Crippen MR) is 75.5 cm³/mol. The van der Waals surface area contributed by atoms with Crippen molar-refractivity contribution >= 4 is 5.97 Å². The highest BCUT2D eigenvalue weighted by atomic mass is 16.6. The Morgan fingerprint density at radius 1 is 1.48 bits per heavy atom. The zero-order valence-electron chi connectivity index (χ0n) is 13.1. The number of hydrogen-bond acceptors (Lipinski definition) is 5. The number of aliphatic hydroxyl groups excluding tert-OH is 1. The molecule has 1 fully saturated rings. The third-order valence-electron chi connectivity index (χ3n) is 4.85. The molecule has 6 nitrogen and oxygen atoms in total. The molecule has 1 unspecified atom stereocenters. The average molecular weight is 300 g/mol. The zero-order valence-corrected chi connectivity index (χ0v) is 13.1. The first-order chi connectivity index (χ1) is 9.82. The Labute approximate surface area is 125 Å². The van der Waals surface area contributed by atoms with Crippen molar-refractivity contribution in [1.82, 2.24) is 0 Å². The number of ether oxygens (including phenoxy) is 2. The van der Waals surface area contributed by atoms with Gasteiger partial charge >= 0.3 is 5.97 Å². The van der Waals surface area contributed by atoms with Gasteiger partial charge in [0, 0.05) is 19.6 Å². The lowest BCUT2D eigenvalue weighted by atomic mass is 9.85. The van der Waals surface area contributed by atoms with Crippen LogP contribution in [0.2, 0.25) is 0 Å². The van der Waals surface area contributed by atoms with E-state index in [1.807, 2.05) is 6.08 Å². The molecule has 2 aliphatic heterocycles. The lowest BCUT2D eigenvalue weighted by Gasteiger charge is -2.34. The number of aliphatic hydroxyl groups is 2. The summed E-state index contributed by atoms with van der Waals surface area (Å²) < 4.78 is 10.6. The van der Waals surface area contributed by atoms with Gasteiger partial charge in [-0.1, -0.05) is 13.8 Å². The Balaban J connectivity index is 2.13. The lowest BCUT2D eigenvalue weighted by Crippen LogP contribution is -3.12. The SMILES string of the molecule is CO[C@@H](C)[C@](O)(C(=O)OC1=CC[NH+]2CC[C@H](O)[C@@H]12)C(C)C. The van der Waals surface area contributed by atoms with Gasteiger partial charge in [0.15, 0.2) is 17.4 Å². The Bertz CT molecular complexity index is 436. The normalized spacial score (nSPS) is 32.5. The Kier molecular flexibility index (Phi) is 4.72. The first-order valence-corrected chi connectivity index (χ1v) is 7.52. The van der Waals surface area contributed by atoms with Crippen LogP contribution in [0.1, 0.15) is 27.2 Å². The molecule has 0 aromatic carbocycles. The van der Waals surface area contributed by atoms with E-state index >= 15 is 0 Å². The van der Waals surface area contributed by atoms with Crippen LogP contribution in [-0.2, 0) is 14.3 Å². The highest BCUT2D eigenvalue weighted by molar-refractivity contribution is 5.81. The van der Waals surface area contributed by atoms with Crippen LogP contribution in [0, 0.1) is 5.92 Å². The number of nitrogens with one attached hydrogen (secondary N) is 1. The van der Waals surface area contributed by atoms with E-state index in [4.69, 9.17) is 9.47 Å². The number of carbonyl (C=O) groups is 1. The number of methoxy groups -OCH3 is 1. The average Bonchev–Trinajstić information content (AvgIpc) is 3.01. The van der Waals surface area contributed by atoms with Crippen LogP contribution in [0.3, 0.4) is 0 Å². The number of esters is 1. The maximum atomic E-state index is 12.5. The van der Waals surface area contributed by atoms with Gasteiger partial charge in [-0.2, -0.15) is 0 Å². The van der Waals surface area contributed by atoms with Crippen LogP contribution in [0.15, 0.2) is 11.8 Å². The van der Waals surface area contributed by atoms with E-state index in [1.54, 1.807) is 20.8 Å². The van der Waals surface area contributed by atoms with Crippen LogP contribution in [0.5, 0.6) is 0 Å². The standard InChI is InChI=1S/C15H25NO5/c1-9(2)15(19,10(3)20-4)14(18)21-12-6-8-16-7-5-11(17)13(12)16/h6,9-11,13,17,19H,5,7-8H2,1-4H3/p+1/t10-,11-,13-,15-/m0/s1. The molecular weight excluding hydrogens is 274 g/mol. The molecule has 2 rings (SSSR count). The van der Waals surface area contributed by atoms with E-state index in [2.05, 4.69) is 0 Å². The van der Waals surface area contributed by atoms with Crippen molar-refractivity contribution in [3.63, 3.8) is 0 Å². The summed E-state index contributed by atoms with van der Waals surface area (Å²) in [5, 5.41) is 20.7. The monoisotopic (exact) mass is 300 g/mol. The number of fused-ring (bicyclic) bond motifs is 1. The molecule has 0 saturated carbocycles. The third kappa shape index (κ3) is 2.73. The fraction of sp³-hybridized carbons (Fsp3) is 0.800. The van der Waals surface area contributed by atoms with Gasteiger partial charge < -0.3 is 24.6 Å². The summed E-state index contributed by atoms with van der Waals surface area (Å²) in [5.74, 6) is -0.584. The van der Waals surface area contributed by atoms with E-state index < -0.39 is 23.8 Å². The predicted octanol–water partition coefficient (Wildman–Crippen LogP) is -1.13. The summed E-state index contributed by atoms with van der Waals surface area (Å²) in [6.45, 7) is 6.76. The molecule has 0 bridgehead atoms. The Hall–Kier alpha value is -0.950. The van der Waals surface area contributed by atoms with Crippen molar-refractivity contribution in [3.05, 3.63) is 11.8 Å². The number of carbonyl (C=O) groups excluding carboxylic acids is 1. The number of rotatable bonds is 5. The van der Waals surface area contributed by atoms with E-state index in [1.165, 1.54) is 12.0 Å². The lowest BCUT2D eigenvalue weighted by molar-refractivity contribution is -0.898. The summed E-state index contributed by atoms with van der Waals surface area (Å²) in [4.78, 5) is 13.7. The fourth-order valence-corrected chi connectivity index (χ4v) is 3.25. The van der Waals surface area contributed by atoms with Crippen molar-refractivity contribution in [2.24, 2.45) is 5.92 Å². The van der Waals surface area contributed by atoms with Gasteiger partial charge in [0.2, 0.25) is 0 Å². The summed E-state index contributed by atoms with van der Waals surface area (Å²) >= 11 is 0. The molecule has 5 atom stereocenters. The largest absolute Gasteiger partial charge is 0.422 e. The van der Waals surface area contributed by atoms with Crippen LogP contribution in [0.4, 0.5) is 0 Å². The fourth-order valence-electron chi connectivity index (χ4n) is 3.25. The van der Waals surface area contributed by atoms with Crippen molar-refractivity contribution in [3.8, 4) is 0 Å². The highest BCUT2D eigenvalue weighted by Gasteiger charge is 2.50. The van der Waals surface area contributed by atoms with Gasteiger partial charge in [0.25, 0.3) is 0 Å². The van der Waals surface area contributed by atoms with Gasteiger partial charge in [-0.25, -0.2) is 4.79 Å². The minimum Gasteiger partial charge on any atom is -0.422 e. The zero-order chi connectivity index (χ0) is 15.8. The van der Waals surface area contributed by atoms with Gasteiger partial charge in [-0.3, -0.25) is 0 Å². The molecule has 0 spiro atoms. The highest BCUT2D eigenvalue weighted by Crippen LogP contribution is 2.27. The molecule has 0 aromatic heterocycles. The molecule has 1 saturated heterocycles. The summed E-state index contributed by atoms with van der Waals surface area (Å²) in [6, 6.07) is -0.191. The molecule has 21 heavy (non-hydrogen) atoms. The maximum absolute atomic E-state index is 12.5. The topological polar surface area (TPSA) is 80.4 Å². The van der Waals surface area contributed by atoms with Gasteiger partial charge in [0.1, 0.15) is 12.6 Å². The molecular formula is C15H26NO5+. The number of quaternary nitrogens is 1. The second-order valence-corrected chi connectivity index (χ2v) is 6.30. The van der Waals surface area contributed by atoms with E-state index in [0.29, 0.717) is 12.2 Å². The molecule has 0 aromatic rings. The van der Waals surface area contributed by atoms with E-state index in [9.17, 15) is 15.0 Å². The minimum atomic E-state index is -1.71. The first-order valence-electron chi connectivity index (χ1n) is 7.52. The summed E-state index contributed by atoms with van der Waals surface area (Å²) in [5.41, 5.74) is -1.71. The molecule has 3 N–H and O–H groups in total. The second-order valence-electron chi connectivity index (χ2n) is 6.30. The van der Waals surface area contributed by atoms with Gasteiger partial charge in [0.05, 0.1) is 12.6 Å². The minimum absolute atomic E-state index is 0.191. The molecule has 2 heterocycles. The first kappa shape index (κ1) is 16.4. The third-order valence-corrected chi connectivity index (χ3v) is 4.85. The van der Waals surface area contributed by atoms with Gasteiger partial charge in [-0.05, 0) is 12.8 Å². The molecule has 6 heteroatoms. The van der Waals surface area contributed by atoms with Crippen LogP contribution < -0.4 is 4.90 Å². The Morgan fingerprint density at radius 3 is 2.71 bits per heavy atom. The van der Waals surface area contributed by atoms with Crippen LogP contribution in [0.25, 0.3) is 0 Å². The Morgan fingerprint density at radius 2 is 2.14 bits per heavy atom. The maximum Gasteiger partial charge on any atom is 0.346 e. The second kappa shape index (κ2) is 6.04. The van der Waals surface area contributed by atoms with Crippen LogP contribution >= 0.6 is 0 Å². The van der Waals surface area contributed by atoms with E-state index in [-0.39, 0.29) is 12.0 Å². The molecule has 0 radical (unpaired) electrons. The molecule has 0 aliphatic carbocycles. The summed E-state index contributed by atoms with van der Waals surface area (Å²) in [6.07, 6.45) is 1.37. The van der Waals surface area contributed by atoms with Crippen molar-refractivity contribution in [2.75, 3.05) is 20.2 Å². The number of hydrogen-bond donors (Lipinski definition) is 3. The molecule has 0 amide bonds. The summed E-state index contributed by atoms with van der Waals surface area (Å²) in [7, 11) is 1.45. The van der Waals surface area contributed by atoms with Crippen molar-refractivity contribution in [2.45, 2.75) is 51.0 Å². The van der Waals surface area contributed by atoms with Crippen molar-refractivity contribution < 1.29 is 29.4 Å². The van der Waals surface area contributed by atoms with Gasteiger partial charge in [-0.15, -0.1) is 0 Å². The molecule has 2 aliphatic rings. The quantitative estimate of drug-likeness (QED) is 0.560. The van der Waals surface area contributed by atoms with Crippen LogP contribution in [-0.4, -0.2) is 60.2 Å². The molecule has 120 valence electrons. The van der Waals surface area contributed by atoms with Crippen molar-refractivity contribution in [1.29, 1.82) is 0 Å². The smallest absolute Gasteiger partial charge is 0.346 e. The van der Waals surface area contributed by atoms with E-state index in [0.717, 1.165) is 13.1 Å².